The lowest BCUT2D eigenvalue weighted by molar-refractivity contribution is -0.124. The van der Waals surface area contributed by atoms with Gasteiger partial charge in [0.25, 0.3) is 5.91 Å². The van der Waals surface area contributed by atoms with Crippen LogP contribution >= 0.6 is 0 Å². The molecule has 0 bridgehead atoms. The largest absolute Gasteiger partial charge is 0.454 e. The molecule has 0 radical (unpaired) electrons. The minimum absolute atomic E-state index is 0.0701. The van der Waals surface area contributed by atoms with E-state index in [9.17, 15) is 19.5 Å². The third kappa shape index (κ3) is 4.04. The Morgan fingerprint density at radius 2 is 1.93 bits per heavy atom. The fourth-order valence-electron chi connectivity index (χ4n) is 3.02. The van der Waals surface area contributed by atoms with Gasteiger partial charge in [0.1, 0.15) is 11.6 Å². The maximum Gasteiger partial charge on any atom is 0.257 e. The molecule has 3 rings (SSSR count). The molecule has 9 nitrogen and oxygen atoms in total. The molecule has 156 valence electrons. The van der Waals surface area contributed by atoms with Crippen molar-refractivity contribution in [1.82, 2.24) is 15.2 Å². The van der Waals surface area contributed by atoms with Gasteiger partial charge in [-0.05, 0) is 33.8 Å². The first-order valence-corrected chi connectivity index (χ1v) is 9.37. The number of nitrogens with zero attached hydrogens (tertiary/aromatic N) is 1. The first kappa shape index (κ1) is 20.7. The molecule has 0 spiro atoms. The van der Waals surface area contributed by atoms with Crippen LogP contribution in [0.4, 0.5) is 0 Å². The summed E-state index contributed by atoms with van der Waals surface area (Å²) < 4.78 is 12.5. The highest BCUT2D eigenvalue weighted by atomic mass is 16.7. The summed E-state index contributed by atoms with van der Waals surface area (Å²) >= 11 is 0. The summed E-state index contributed by atoms with van der Waals surface area (Å²) in [6, 6.07) is 2.40. The summed E-state index contributed by atoms with van der Waals surface area (Å²) in [6.45, 7) is 7.08. The van der Waals surface area contributed by atoms with Crippen LogP contribution in [0.25, 0.3) is 10.9 Å². The number of amides is 2. The Kier molecular flexibility index (Phi) is 5.52. The number of carbonyl (C=O) groups is 2. The Bertz CT molecular complexity index is 1030. The lowest BCUT2D eigenvalue weighted by atomic mass is 10.1. The zero-order valence-corrected chi connectivity index (χ0v) is 16.9. The SMILES string of the molecule is CCn1cc(C(=O)N[C@H](C)C(=O)NC(C)(C)CO)c(=O)c2cc3c(cc21)OCO3. The van der Waals surface area contributed by atoms with Crippen LogP contribution in [0.15, 0.2) is 23.1 Å². The summed E-state index contributed by atoms with van der Waals surface area (Å²) in [4.78, 5) is 38.0. The van der Waals surface area contributed by atoms with E-state index in [1.165, 1.54) is 13.1 Å². The second kappa shape index (κ2) is 7.75. The number of aliphatic hydroxyl groups is 1. The van der Waals surface area contributed by atoms with Crippen molar-refractivity contribution in [1.29, 1.82) is 0 Å². The molecule has 3 N–H and O–H groups in total. The summed E-state index contributed by atoms with van der Waals surface area (Å²) in [6.07, 6.45) is 1.48. The molecule has 1 aromatic heterocycles. The molecule has 1 atom stereocenters. The lowest BCUT2D eigenvalue weighted by Gasteiger charge is -2.25. The number of rotatable bonds is 6. The zero-order chi connectivity index (χ0) is 21.3. The van der Waals surface area contributed by atoms with Crippen LogP contribution in [-0.2, 0) is 11.3 Å². The fourth-order valence-corrected chi connectivity index (χ4v) is 3.02. The zero-order valence-electron chi connectivity index (χ0n) is 16.9. The number of nitrogens with one attached hydrogen (secondary N) is 2. The van der Waals surface area contributed by atoms with Gasteiger partial charge in [0, 0.05) is 18.8 Å². The van der Waals surface area contributed by atoms with Gasteiger partial charge in [0.15, 0.2) is 11.5 Å². The first-order valence-electron chi connectivity index (χ1n) is 9.37. The number of aromatic nitrogens is 1. The molecule has 2 amide bonds. The van der Waals surface area contributed by atoms with Crippen molar-refractivity contribution >= 4 is 22.7 Å². The minimum atomic E-state index is -0.893. The number of aryl methyl sites for hydroxylation is 1. The molecule has 0 unspecified atom stereocenters. The molecule has 2 aromatic rings. The Labute approximate surface area is 167 Å². The molecular formula is C20H25N3O6. The molecule has 0 saturated carbocycles. The van der Waals surface area contributed by atoms with Crippen LogP contribution in [0.5, 0.6) is 11.5 Å². The van der Waals surface area contributed by atoms with Crippen molar-refractivity contribution in [2.24, 2.45) is 0 Å². The van der Waals surface area contributed by atoms with Gasteiger partial charge in [-0.1, -0.05) is 0 Å². The highest BCUT2D eigenvalue weighted by Gasteiger charge is 2.26. The Hall–Kier alpha value is -3.07. The number of pyridine rings is 1. The van der Waals surface area contributed by atoms with E-state index in [0.29, 0.717) is 28.9 Å². The molecular weight excluding hydrogens is 378 g/mol. The number of hydrogen-bond donors (Lipinski definition) is 3. The highest BCUT2D eigenvalue weighted by molar-refractivity contribution is 6.00. The molecule has 2 heterocycles. The van der Waals surface area contributed by atoms with E-state index in [1.807, 2.05) is 6.92 Å². The number of hydrogen-bond acceptors (Lipinski definition) is 6. The third-order valence-electron chi connectivity index (χ3n) is 4.76. The van der Waals surface area contributed by atoms with E-state index in [1.54, 1.807) is 30.5 Å². The van der Waals surface area contributed by atoms with Gasteiger partial charge in [-0.3, -0.25) is 14.4 Å². The van der Waals surface area contributed by atoms with Crippen molar-refractivity contribution in [3.63, 3.8) is 0 Å². The van der Waals surface area contributed by atoms with Gasteiger partial charge in [0.05, 0.1) is 23.0 Å². The smallest absolute Gasteiger partial charge is 0.257 e. The topological polar surface area (TPSA) is 119 Å². The number of carbonyl (C=O) groups excluding carboxylic acids is 2. The summed E-state index contributed by atoms with van der Waals surface area (Å²) in [5, 5.41) is 14.8. The number of aliphatic hydroxyl groups excluding tert-OH is 1. The van der Waals surface area contributed by atoms with E-state index in [0.717, 1.165) is 0 Å². The second-order valence-corrected chi connectivity index (χ2v) is 7.61. The summed E-state index contributed by atoms with van der Waals surface area (Å²) in [5.41, 5.74) is -0.715. The van der Waals surface area contributed by atoms with Gasteiger partial charge in [-0.2, -0.15) is 0 Å². The highest BCUT2D eigenvalue weighted by Crippen LogP contribution is 2.35. The normalized spacial score (nSPS) is 14.0. The van der Waals surface area contributed by atoms with Crippen LogP contribution in [0.2, 0.25) is 0 Å². The predicted molar refractivity (Wildman–Crippen MR) is 106 cm³/mol. The number of fused-ring (bicyclic) bond motifs is 2. The first-order chi connectivity index (χ1) is 13.7. The van der Waals surface area contributed by atoms with Crippen molar-refractivity contribution in [3.05, 3.63) is 34.1 Å². The van der Waals surface area contributed by atoms with Crippen LogP contribution in [0.1, 0.15) is 38.1 Å². The third-order valence-corrected chi connectivity index (χ3v) is 4.76. The maximum absolute atomic E-state index is 13.0. The van der Waals surface area contributed by atoms with Crippen LogP contribution in [0, 0.1) is 0 Å². The van der Waals surface area contributed by atoms with E-state index in [4.69, 9.17) is 9.47 Å². The van der Waals surface area contributed by atoms with Crippen LogP contribution in [-0.4, -0.2) is 46.5 Å². The fraction of sp³-hybridized carbons (Fsp3) is 0.450. The van der Waals surface area contributed by atoms with Crippen LogP contribution in [0.3, 0.4) is 0 Å². The minimum Gasteiger partial charge on any atom is -0.454 e. The predicted octanol–water partition coefficient (Wildman–Crippen LogP) is 0.755. The molecule has 9 heteroatoms. The summed E-state index contributed by atoms with van der Waals surface area (Å²) in [7, 11) is 0. The average Bonchev–Trinajstić information content (AvgIpc) is 3.14. The van der Waals surface area contributed by atoms with Gasteiger partial charge >= 0.3 is 0 Å². The molecule has 29 heavy (non-hydrogen) atoms. The second-order valence-electron chi connectivity index (χ2n) is 7.61. The molecule has 0 fully saturated rings. The van der Waals surface area contributed by atoms with E-state index in [2.05, 4.69) is 10.6 Å². The molecule has 1 aliphatic heterocycles. The number of ether oxygens (including phenoxy) is 2. The summed E-state index contributed by atoms with van der Waals surface area (Å²) in [5.74, 6) is -0.111. The van der Waals surface area contributed by atoms with Gasteiger partial charge in [-0.15, -0.1) is 0 Å². The van der Waals surface area contributed by atoms with Crippen molar-refractivity contribution < 1.29 is 24.2 Å². The van der Waals surface area contributed by atoms with E-state index >= 15 is 0 Å². The maximum atomic E-state index is 13.0. The van der Waals surface area contributed by atoms with Crippen molar-refractivity contribution in [2.75, 3.05) is 13.4 Å². The monoisotopic (exact) mass is 403 g/mol. The van der Waals surface area contributed by atoms with E-state index < -0.39 is 28.8 Å². The lowest BCUT2D eigenvalue weighted by Crippen LogP contribution is -2.53. The molecule has 0 aliphatic carbocycles. The Morgan fingerprint density at radius 1 is 1.28 bits per heavy atom. The van der Waals surface area contributed by atoms with E-state index in [-0.39, 0.29) is 19.0 Å². The molecule has 1 aromatic carbocycles. The van der Waals surface area contributed by atoms with Gasteiger partial charge < -0.3 is 29.8 Å². The Balaban J connectivity index is 1.92. The standard InChI is InChI=1S/C20H25N3O6/c1-5-23-8-13(19(27)21-11(2)18(26)22-20(3,4)9-24)17(25)12-6-15-16(7-14(12)23)29-10-28-15/h6-8,11,24H,5,9-10H2,1-4H3,(H,21,27)(H,22,26)/t11-/m1/s1. The molecule has 1 aliphatic rings. The van der Waals surface area contributed by atoms with Crippen molar-refractivity contribution in [2.45, 2.75) is 45.8 Å². The number of benzene rings is 1. The quantitative estimate of drug-likeness (QED) is 0.655. The Morgan fingerprint density at radius 3 is 2.55 bits per heavy atom. The average molecular weight is 403 g/mol. The van der Waals surface area contributed by atoms with Gasteiger partial charge in [-0.25, -0.2) is 0 Å². The van der Waals surface area contributed by atoms with Crippen molar-refractivity contribution in [3.8, 4) is 11.5 Å². The molecule has 0 saturated heterocycles. The van der Waals surface area contributed by atoms with Crippen LogP contribution < -0.4 is 25.5 Å². The van der Waals surface area contributed by atoms with Gasteiger partial charge in [0.2, 0.25) is 18.1 Å².